The molecule has 0 bridgehead atoms. The number of unbranched alkanes of at least 4 members (excludes halogenated alkanes) is 21. The van der Waals surface area contributed by atoms with Crippen LogP contribution in [0, 0.1) is 0 Å². The van der Waals surface area contributed by atoms with Gasteiger partial charge in [-0.2, -0.15) is 0 Å². The number of phosphoric ester groups is 1. The first kappa shape index (κ1) is 50.7. The number of quaternary nitrogens is 1. The van der Waals surface area contributed by atoms with Crippen molar-refractivity contribution >= 4 is 13.7 Å². The fourth-order valence-corrected chi connectivity index (χ4v) is 6.58. The molecule has 0 aliphatic heterocycles. The van der Waals surface area contributed by atoms with Gasteiger partial charge in [-0.05, 0) is 51.4 Å². The van der Waals surface area contributed by atoms with E-state index < -0.39 is 26.6 Å². The van der Waals surface area contributed by atoms with Gasteiger partial charge in [0.25, 0.3) is 7.82 Å². The van der Waals surface area contributed by atoms with Crippen LogP contribution in [0.15, 0.2) is 36.5 Å². The molecule has 0 heterocycles. The van der Waals surface area contributed by atoms with Crippen molar-refractivity contribution in [3.05, 3.63) is 36.5 Å². The topological polar surface area (TPSA) is 108 Å². The van der Waals surface area contributed by atoms with Gasteiger partial charge in [0.1, 0.15) is 13.2 Å². The van der Waals surface area contributed by atoms with Crippen LogP contribution < -0.4 is 10.2 Å². The van der Waals surface area contributed by atoms with Gasteiger partial charge in [-0.1, -0.05) is 159 Å². The van der Waals surface area contributed by atoms with Crippen LogP contribution in [0.25, 0.3) is 0 Å². The first-order chi connectivity index (χ1) is 25.0. The maximum atomic E-state index is 12.8. The standard InChI is InChI=1S/C43H83N2O6P/c1-6-8-10-12-14-16-18-19-20-21-22-23-24-25-27-28-30-32-34-36-42(46)41(40-51-52(48,49)50-39-38-45(3,4)5)44-43(47)37-35-33-31-29-26-17-15-13-11-9-7-2/h13,15,27-28,34,36,41-42,46H,6-12,14,16-26,29-33,35,37-40H2,1-5H3,(H-,44,47,48,49)/b15-13-,28-27+,36-34+. The van der Waals surface area contributed by atoms with Crippen molar-refractivity contribution in [3.8, 4) is 0 Å². The molecule has 0 aromatic carbocycles. The third kappa shape index (κ3) is 37.1. The van der Waals surface area contributed by atoms with E-state index in [0.29, 0.717) is 17.4 Å². The van der Waals surface area contributed by atoms with Gasteiger partial charge in [0.2, 0.25) is 5.91 Å². The summed E-state index contributed by atoms with van der Waals surface area (Å²) in [6, 6.07) is -0.904. The number of hydrogen-bond acceptors (Lipinski definition) is 6. The van der Waals surface area contributed by atoms with Crippen LogP contribution in [0.5, 0.6) is 0 Å². The lowest BCUT2D eigenvalue weighted by Gasteiger charge is -2.29. The molecule has 0 saturated heterocycles. The Hall–Kier alpha value is -1.28. The zero-order chi connectivity index (χ0) is 38.6. The van der Waals surface area contributed by atoms with Crippen molar-refractivity contribution in [2.24, 2.45) is 0 Å². The fourth-order valence-electron chi connectivity index (χ4n) is 5.85. The van der Waals surface area contributed by atoms with E-state index in [1.165, 1.54) is 96.3 Å². The number of nitrogens with one attached hydrogen (secondary N) is 1. The van der Waals surface area contributed by atoms with E-state index in [9.17, 15) is 19.4 Å². The van der Waals surface area contributed by atoms with E-state index in [2.05, 4.69) is 43.5 Å². The van der Waals surface area contributed by atoms with Crippen LogP contribution in [0.3, 0.4) is 0 Å². The Morgan fingerprint density at radius 1 is 0.654 bits per heavy atom. The smallest absolute Gasteiger partial charge is 0.268 e. The van der Waals surface area contributed by atoms with Crippen molar-refractivity contribution in [2.75, 3.05) is 40.9 Å². The summed E-state index contributed by atoms with van der Waals surface area (Å²) in [4.78, 5) is 25.2. The number of carbonyl (C=O) groups excluding carboxylic acids is 1. The number of carbonyl (C=O) groups is 1. The van der Waals surface area contributed by atoms with Crippen LogP contribution in [-0.2, 0) is 18.4 Å². The minimum atomic E-state index is -4.59. The summed E-state index contributed by atoms with van der Waals surface area (Å²) >= 11 is 0. The predicted molar refractivity (Wildman–Crippen MR) is 219 cm³/mol. The molecule has 52 heavy (non-hydrogen) atoms. The lowest BCUT2D eigenvalue weighted by molar-refractivity contribution is -0.870. The van der Waals surface area contributed by atoms with Crippen molar-refractivity contribution in [1.29, 1.82) is 0 Å². The average molecular weight is 755 g/mol. The summed E-state index contributed by atoms with van der Waals surface area (Å²) in [5, 5.41) is 13.7. The number of nitrogens with zero attached hydrogens (tertiary/aromatic N) is 1. The molecule has 0 aromatic heterocycles. The highest BCUT2D eigenvalue weighted by molar-refractivity contribution is 7.45. The second-order valence-electron chi connectivity index (χ2n) is 15.7. The Labute approximate surface area is 321 Å². The first-order valence-corrected chi connectivity index (χ1v) is 22.8. The molecular weight excluding hydrogens is 671 g/mol. The van der Waals surface area contributed by atoms with Gasteiger partial charge in [0, 0.05) is 6.42 Å². The van der Waals surface area contributed by atoms with E-state index in [1.807, 2.05) is 27.2 Å². The van der Waals surface area contributed by atoms with Gasteiger partial charge in [-0.15, -0.1) is 0 Å². The molecule has 0 rings (SSSR count). The van der Waals surface area contributed by atoms with Crippen LogP contribution in [0.4, 0.5) is 0 Å². The number of aliphatic hydroxyl groups excluding tert-OH is 1. The maximum Gasteiger partial charge on any atom is 0.268 e. The Morgan fingerprint density at radius 3 is 1.62 bits per heavy atom. The molecule has 0 aliphatic rings. The third-order valence-electron chi connectivity index (χ3n) is 9.32. The number of hydrogen-bond donors (Lipinski definition) is 2. The molecule has 9 heteroatoms. The minimum absolute atomic E-state index is 0.00816. The van der Waals surface area contributed by atoms with Gasteiger partial charge in [0.05, 0.1) is 39.9 Å². The first-order valence-electron chi connectivity index (χ1n) is 21.4. The molecule has 0 aromatic rings. The Balaban J connectivity index is 4.48. The normalized spacial score (nSPS) is 14.8. The van der Waals surface area contributed by atoms with Crippen molar-refractivity contribution < 1.29 is 32.9 Å². The Kier molecular flexibility index (Phi) is 34.6. The molecule has 1 amide bonds. The molecule has 0 aliphatic carbocycles. The second kappa shape index (κ2) is 35.4. The summed E-state index contributed by atoms with van der Waals surface area (Å²) in [5.74, 6) is -0.220. The van der Waals surface area contributed by atoms with Gasteiger partial charge in [0.15, 0.2) is 0 Å². The Bertz CT molecular complexity index is 948. The quantitative estimate of drug-likeness (QED) is 0.0281. The van der Waals surface area contributed by atoms with Crippen LogP contribution in [0.2, 0.25) is 0 Å². The van der Waals surface area contributed by atoms with Crippen molar-refractivity contribution in [2.45, 2.75) is 193 Å². The molecule has 8 nitrogen and oxygen atoms in total. The highest BCUT2D eigenvalue weighted by Gasteiger charge is 2.23. The SMILES string of the molecule is CCCC/C=C\CCCCCCCC(=O)NC(COP(=O)([O-])OCC[N+](C)(C)C)C(O)/C=C/CC/C=C/CCCCCCCCCCCCCCC. The van der Waals surface area contributed by atoms with Gasteiger partial charge in [-0.25, -0.2) is 0 Å². The van der Waals surface area contributed by atoms with Crippen LogP contribution in [-0.4, -0.2) is 68.5 Å². The van der Waals surface area contributed by atoms with E-state index in [1.54, 1.807) is 6.08 Å². The largest absolute Gasteiger partial charge is 0.756 e. The molecule has 0 spiro atoms. The van der Waals surface area contributed by atoms with Crippen molar-refractivity contribution in [3.63, 3.8) is 0 Å². The number of rotatable bonds is 38. The summed E-state index contributed by atoms with van der Waals surface area (Å²) in [7, 11) is 1.23. The summed E-state index contributed by atoms with van der Waals surface area (Å²) < 4.78 is 23.1. The fraction of sp³-hybridized carbons (Fsp3) is 0.837. The van der Waals surface area contributed by atoms with Crippen LogP contribution >= 0.6 is 7.82 Å². The number of likely N-dealkylation sites (N-methyl/N-ethyl adjacent to an activating group) is 1. The van der Waals surface area contributed by atoms with Crippen LogP contribution in [0.1, 0.15) is 181 Å². The zero-order valence-electron chi connectivity index (χ0n) is 34.5. The van der Waals surface area contributed by atoms with Gasteiger partial charge >= 0.3 is 0 Å². The molecule has 3 atom stereocenters. The van der Waals surface area contributed by atoms with E-state index in [0.717, 1.165) is 64.2 Å². The molecule has 0 fully saturated rings. The lowest BCUT2D eigenvalue weighted by Crippen LogP contribution is -2.45. The average Bonchev–Trinajstić information content (AvgIpc) is 3.09. The molecule has 306 valence electrons. The summed E-state index contributed by atoms with van der Waals surface area (Å²) in [5.41, 5.74) is 0. The van der Waals surface area contributed by atoms with E-state index >= 15 is 0 Å². The zero-order valence-corrected chi connectivity index (χ0v) is 35.4. The number of amides is 1. The number of allylic oxidation sites excluding steroid dienone is 5. The minimum Gasteiger partial charge on any atom is -0.756 e. The summed E-state index contributed by atoms with van der Waals surface area (Å²) in [6.45, 7) is 4.57. The number of aliphatic hydroxyl groups is 1. The van der Waals surface area contributed by atoms with Gasteiger partial charge in [-0.3, -0.25) is 9.36 Å². The number of phosphoric acid groups is 1. The summed E-state index contributed by atoms with van der Waals surface area (Å²) in [6.07, 6.45) is 42.0. The highest BCUT2D eigenvalue weighted by Crippen LogP contribution is 2.38. The Morgan fingerprint density at radius 2 is 1.10 bits per heavy atom. The highest BCUT2D eigenvalue weighted by atomic mass is 31.2. The van der Waals surface area contributed by atoms with E-state index in [4.69, 9.17) is 9.05 Å². The van der Waals surface area contributed by atoms with E-state index in [-0.39, 0.29) is 12.5 Å². The monoisotopic (exact) mass is 755 g/mol. The van der Waals surface area contributed by atoms with Crippen molar-refractivity contribution in [1.82, 2.24) is 5.32 Å². The third-order valence-corrected chi connectivity index (χ3v) is 10.3. The lowest BCUT2D eigenvalue weighted by atomic mass is 10.0. The second-order valence-corrected chi connectivity index (χ2v) is 17.1. The maximum absolute atomic E-state index is 12.8. The molecule has 3 unspecified atom stereocenters. The predicted octanol–water partition coefficient (Wildman–Crippen LogP) is 10.9. The molecule has 2 N–H and O–H groups in total. The molecular formula is C43H83N2O6P. The molecule has 0 saturated carbocycles. The van der Waals surface area contributed by atoms with Gasteiger partial charge < -0.3 is 28.8 Å². The molecule has 0 radical (unpaired) electrons.